The maximum Gasteiger partial charge on any atom is 0.251 e. The minimum absolute atomic E-state index is 0.147. The number of aromatic nitrogens is 1. The minimum atomic E-state index is -0.811. The van der Waals surface area contributed by atoms with Crippen LogP contribution in [0.4, 0.5) is 5.13 Å². The van der Waals surface area contributed by atoms with Crippen molar-refractivity contribution < 1.29 is 19.1 Å². The Labute approximate surface area is 206 Å². The molecule has 0 saturated carbocycles. The topological polar surface area (TPSA) is 113 Å². The Hall–Kier alpha value is -3.58. The van der Waals surface area contributed by atoms with Crippen LogP contribution in [0.2, 0.25) is 0 Å². The summed E-state index contributed by atoms with van der Waals surface area (Å²) in [4.78, 5) is 29.6. The molecule has 2 aliphatic heterocycles. The summed E-state index contributed by atoms with van der Waals surface area (Å²) in [6.45, 7) is 3.07. The summed E-state index contributed by atoms with van der Waals surface area (Å²) in [6.07, 6.45) is 1.17. The molecule has 1 saturated heterocycles. The van der Waals surface area contributed by atoms with E-state index in [1.165, 1.54) is 11.3 Å². The molecule has 0 spiro atoms. The number of hydrogen-bond donors (Lipinski definition) is 2. The van der Waals surface area contributed by atoms with E-state index in [1.807, 2.05) is 23.6 Å². The third-order valence-corrected chi connectivity index (χ3v) is 7.03. The number of nitrogens with zero attached hydrogens (tertiary/aromatic N) is 2. The third kappa shape index (κ3) is 4.82. The molecular formula is C26H24N4O4S. The van der Waals surface area contributed by atoms with Gasteiger partial charge in [-0.1, -0.05) is 24.3 Å². The van der Waals surface area contributed by atoms with E-state index < -0.39 is 5.41 Å². The summed E-state index contributed by atoms with van der Waals surface area (Å²) in [5.74, 6) is -0.756. The molecule has 1 aromatic heterocycles. The van der Waals surface area contributed by atoms with Crippen LogP contribution in [0.5, 0.6) is 0 Å². The van der Waals surface area contributed by atoms with Crippen LogP contribution in [0.1, 0.15) is 46.5 Å². The molecule has 2 amide bonds. The van der Waals surface area contributed by atoms with Crippen molar-refractivity contribution in [2.75, 3.05) is 25.1 Å². The molecule has 0 unspecified atom stereocenters. The van der Waals surface area contributed by atoms with E-state index in [4.69, 9.17) is 9.47 Å². The number of carbonyl (C=O) groups is 2. The lowest BCUT2D eigenvalue weighted by Gasteiger charge is -2.30. The van der Waals surface area contributed by atoms with Crippen molar-refractivity contribution in [3.63, 3.8) is 0 Å². The molecule has 35 heavy (non-hydrogen) atoms. The number of nitrogens with one attached hydrogen (secondary N) is 2. The van der Waals surface area contributed by atoms with E-state index in [1.54, 1.807) is 25.1 Å². The van der Waals surface area contributed by atoms with Gasteiger partial charge in [-0.15, -0.1) is 11.3 Å². The highest BCUT2D eigenvalue weighted by atomic mass is 32.1. The number of carbonyl (C=O) groups excluding carboxylic acids is 2. The van der Waals surface area contributed by atoms with Crippen molar-refractivity contribution in [3.05, 3.63) is 70.1 Å². The lowest BCUT2D eigenvalue weighted by Crippen LogP contribution is -2.34. The van der Waals surface area contributed by atoms with Crippen molar-refractivity contribution in [2.45, 2.75) is 31.5 Å². The van der Waals surface area contributed by atoms with Gasteiger partial charge in [0.1, 0.15) is 5.41 Å². The molecular weight excluding hydrogens is 464 g/mol. The summed E-state index contributed by atoms with van der Waals surface area (Å²) in [6, 6.07) is 15.5. The molecule has 1 fully saturated rings. The molecule has 5 rings (SSSR count). The highest BCUT2D eigenvalue weighted by Gasteiger charge is 2.33. The average Bonchev–Trinajstić information content (AvgIpc) is 3.30. The number of fused-ring (bicyclic) bond motifs is 1. The van der Waals surface area contributed by atoms with Crippen molar-refractivity contribution in [2.24, 2.45) is 0 Å². The molecule has 0 radical (unpaired) electrons. The number of amides is 2. The van der Waals surface area contributed by atoms with Gasteiger partial charge in [0.05, 0.1) is 44.2 Å². The summed E-state index contributed by atoms with van der Waals surface area (Å²) < 4.78 is 11.1. The number of hydrogen-bond acceptors (Lipinski definition) is 7. The second kappa shape index (κ2) is 9.58. The van der Waals surface area contributed by atoms with E-state index >= 15 is 0 Å². The van der Waals surface area contributed by atoms with Crippen molar-refractivity contribution >= 4 is 28.3 Å². The van der Waals surface area contributed by atoms with Gasteiger partial charge in [-0.2, -0.15) is 5.26 Å². The fourth-order valence-electron chi connectivity index (χ4n) is 4.18. The number of nitriles is 1. The van der Waals surface area contributed by atoms with Gasteiger partial charge in [-0.05, 0) is 41.8 Å². The molecule has 0 bridgehead atoms. The minimum Gasteiger partial charge on any atom is -0.375 e. The molecule has 2 aromatic carbocycles. The second-order valence-electron chi connectivity index (χ2n) is 8.85. The number of benzene rings is 2. The maximum absolute atomic E-state index is 12.7. The first kappa shape index (κ1) is 23.2. The Morgan fingerprint density at radius 3 is 2.91 bits per heavy atom. The Balaban J connectivity index is 1.19. The molecule has 9 heteroatoms. The largest absolute Gasteiger partial charge is 0.375 e. The lowest BCUT2D eigenvalue weighted by molar-refractivity contribution is -0.115. The number of anilines is 1. The van der Waals surface area contributed by atoms with Gasteiger partial charge in [0, 0.05) is 22.9 Å². The number of rotatable bonds is 6. The summed E-state index contributed by atoms with van der Waals surface area (Å²) in [5, 5.41) is 17.3. The van der Waals surface area contributed by atoms with Crippen LogP contribution in [0.3, 0.4) is 0 Å². The maximum atomic E-state index is 12.7. The highest BCUT2D eigenvalue weighted by molar-refractivity contribution is 7.14. The van der Waals surface area contributed by atoms with Crippen molar-refractivity contribution in [1.29, 1.82) is 5.26 Å². The summed E-state index contributed by atoms with van der Waals surface area (Å²) >= 11 is 1.33. The second-order valence-corrected chi connectivity index (χ2v) is 9.71. The van der Waals surface area contributed by atoms with Crippen molar-refractivity contribution in [3.8, 4) is 17.3 Å². The first-order valence-corrected chi connectivity index (χ1v) is 12.2. The van der Waals surface area contributed by atoms with Gasteiger partial charge in [0.2, 0.25) is 5.91 Å². The SMILES string of the molecule is C[C@@]1(C#N)COCc2ccc(C(=O)NCC(=O)Nc3nc(-c4cccc([C@@H]5CCO5)c4)cs3)cc21. The Morgan fingerprint density at radius 2 is 2.14 bits per heavy atom. The normalized spacial score (nSPS) is 20.7. The van der Waals surface area contributed by atoms with Crippen molar-refractivity contribution in [1.82, 2.24) is 10.3 Å². The zero-order chi connectivity index (χ0) is 24.4. The van der Waals surface area contributed by atoms with E-state index in [9.17, 15) is 14.9 Å². The fraction of sp³-hybridized carbons (Fsp3) is 0.308. The van der Waals surface area contributed by atoms with Crippen LogP contribution in [0.25, 0.3) is 11.3 Å². The van der Waals surface area contributed by atoms with Crippen LogP contribution in [0.15, 0.2) is 47.8 Å². The van der Waals surface area contributed by atoms with Crippen LogP contribution in [-0.4, -0.2) is 36.6 Å². The summed E-state index contributed by atoms with van der Waals surface area (Å²) in [7, 11) is 0. The highest BCUT2D eigenvalue weighted by Crippen LogP contribution is 2.33. The van der Waals surface area contributed by atoms with Crippen LogP contribution in [-0.2, 0) is 26.3 Å². The quantitative estimate of drug-likeness (QED) is 0.543. The Morgan fingerprint density at radius 1 is 1.29 bits per heavy atom. The van der Waals surface area contributed by atoms with Gasteiger partial charge in [0.25, 0.3) is 5.91 Å². The molecule has 178 valence electrons. The molecule has 8 nitrogen and oxygen atoms in total. The zero-order valence-electron chi connectivity index (χ0n) is 19.2. The van der Waals surface area contributed by atoms with Gasteiger partial charge >= 0.3 is 0 Å². The molecule has 2 atom stereocenters. The average molecular weight is 489 g/mol. The van der Waals surface area contributed by atoms with Crippen LogP contribution in [0, 0.1) is 11.3 Å². The fourth-order valence-corrected chi connectivity index (χ4v) is 4.92. The van der Waals surface area contributed by atoms with Gasteiger partial charge in [-0.3, -0.25) is 9.59 Å². The predicted molar refractivity (Wildman–Crippen MR) is 131 cm³/mol. The van der Waals surface area contributed by atoms with E-state index in [0.717, 1.165) is 41.0 Å². The molecule has 2 aliphatic rings. The van der Waals surface area contributed by atoms with Gasteiger partial charge < -0.3 is 20.1 Å². The van der Waals surface area contributed by atoms with Gasteiger partial charge in [0.15, 0.2) is 5.13 Å². The molecule has 0 aliphatic carbocycles. The first-order valence-electron chi connectivity index (χ1n) is 11.3. The molecule has 3 heterocycles. The van der Waals surface area contributed by atoms with Crippen LogP contribution < -0.4 is 10.6 Å². The van der Waals surface area contributed by atoms with E-state index in [0.29, 0.717) is 17.3 Å². The van der Waals surface area contributed by atoms with E-state index in [-0.39, 0.29) is 31.1 Å². The first-order chi connectivity index (χ1) is 16.9. The smallest absolute Gasteiger partial charge is 0.251 e. The Bertz CT molecular complexity index is 1330. The Kier molecular flexibility index (Phi) is 6.34. The number of thiazole rings is 1. The van der Waals surface area contributed by atoms with E-state index in [2.05, 4.69) is 27.8 Å². The number of ether oxygens (including phenoxy) is 2. The monoisotopic (exact) mass is 488 g/mol. The standard InChI is InChI=1S/C26H24N4O4S/c1-26(14-27)15-33-12-19-6-5-18(10-20(19)26)24(32)28-11-23(31)30-25-29-21(13-35-25)16-3-2-4-17(9-16)22-7-8-34-22/h2-6,9-10,13,22H,7-8,11-12,15H2,1H3,(H,28,32)(H,29,30,31)/t22-,26+/m0/s1. The summed E-state index contributed by atoms with van der Waals surface area (Å²) in [5.41, 5.74) is 4.12. The predicted octanol–water partition coefficient (Wildman–Crippen LogP) is 3.95. The zero-order valence-corrected chi connectivity index (χ0v) is 20.0. The molecule has 2 N–H and O–H groups in total. The van der Waals surface area contributed by atoms with Crippen LogP contribution >= 0.6 is 11.3 Å². The third-order valence-electron chi connectivity index (χ3n) is 6.27. The lowest BCUT2D eigenvalue weighted by atomic mass is 9.79. The molecule has 3 aromatic rings. The van der Waals surface area contributed by atoms with Gasteiger partial charge in [-0.25, -0.2) is 4.98 Å².